The Balaban J connectivity index is 0.000000104. The van der Waals surface area contributed by atoms with Crippen molar-refractivity contribution in [2.75, 3.05) is 0 Å². The van der Waals surface area contributed by atoms with Crippen molar-refractivity contribution in [1.82, 2.24) is 0 Å². The van der Waals surface area contributed by atoms with Crippen molar-refractivity contribution in [1.29, 1.82) is 0 Å². The van der Waals surface area contributed by atoms with E-state index in [-0.39, 0.29) is 0 Å². The minimum atomic E-state index is -1.20. The number of aliphatic hydroxyl groups is 6. The lowest BCUT2D eigenvalue weighted by Gasteiger charge is -2.20. The zero-order valence-corrected chi connectivity index (χ0v) is 72.4. The smallest absolute Gasteiger partial charge is 0.178 e. The summed E-state index contributed by atoms with van der Waals surface area (Å²) in [6.45, 7) is 11.0. The molecule has 6 nitrogen and oxygen atoms in total. The summed E-state index contributed by atoms with van der Waals surface area (Å²) in [4.78, 5) is 0. The molecule has 128 heavy (non-hydrogen) atoms. The van der Waals surface area contributed by atoms with Crippen LogP contribution in [-0.2, 0) is 33.6 Å². The molecule has 0 amide bonds. The van der Waals surface area contributed by atoms with Gasteiger partial charge in [-0.25, -0.2) is 0 Å². The first-order chi connectivity index (χ1) is 62.2. The Morgan fingerprint density at radius 1 is 0.148 bits per heavy atom. The van der Waals surface area contributed by atoms with E-state index in [2.05, 4.69) is 169 Å². The molecule has 4 unspecified atom stereocenters. The van der Waals surface area contributed by atoms with Crippen molar-refractivity contribution in [3.05, 3.63) is 516 Å². The number of benzene rings is 19. The van der Waals surface area contributed by atoms with Crippen molar-refractivity contribution < 1.29 is 30.6 Å². The van der Waals surface area contributed by atoms with Crippen LogP contribution in [0, 0.1) is 23.7 Å². The number of fused-ring (bicyclic) bond motifs is 22. The van der Waals surface area contributed by atoms with E-state index in [0.717, 1.165) is 144 Å². The third kappa shape index (κ3) is 16.3. The maximum Gasteiger partial charge on any atom is 0.178 e. The fourth-order valence-electron chi connectivity index (χ4n) is 18.8. The molecule has 6 heteroatoms. The van der Waals surface area contributed by atoms with Crippen molar-refractivity contribution >= 4 is 43.1 Å². The molecule has 0 heterocycles. The second-order valence-electron chi connectivity index (χ2n) is 33.3. The molecule has 6 aliphatic rings. The first kappa shape index (κ1) is 85.3. The van der Waals surface area contributed by atoms with Gasteiger partial charge in [-0.1, -0.05) is 412 Å². The second-order valence-corrected chi connectivity index (χ2v) is 33.3. The monoisotopic (exact) mass is 1660 g/mol. The summed E-state index contributed by atoms with van der Waals surface area (Å²) in [5.41, 5.74) is 19.2. The summed E-state index contributed by atoms with van der Waals surface area (Å²) in [6, 6.07) is 150. The SMILES string of the molecule is CC#CC1(O)c2ccccc2-c2cc3ccccc3cc21.CC#CC1(O)c2ccccc2-c2cc3ccccc3cc21.CC1(O)c2ccccc2-c2cc3ccccc3cc21.CC1(O)c2ccccc2-c2cc3ccccc3cc21.CC1(O)c2ccccc2-c2ccccc21.CC1(O)c2ccccc2-c2ccccc21.c1ccccc1.c1ccccc1.c1ccccc1. The van der Waals surface area contributed by atoms with E-state index in [1.165, 1.54) is 32.3 Å². The van der Waals surface area contributed by atoms with E-state index >= 15 is 0 Å². The highest BCUT2D eigenvalue weighted by Gasteiger charge is 2.44. The number of hydrogen-bond donors (Lipinski definition) is 6. The van der Waals surface area contributed by atoms with Crippen LogP contribution in [0.15, 0.2) is 449 Å². The van der Waals surface area contributed by atoms with E-state index in [9.17, 15) is 30.6 Å². The molecule has 0 aliphatic heterocycles. The lowest BCUT2D eigenvalue weighted by molar-refractivity contribution is 0.107. The molecule has 19 aromatic carbocycles. The van der Waals surface area contributed by atoms with E-state index in [1.807, 2.05) is 331 Å². The highest BCUT2D eigenvalue weighted by Crippen LogP contribution is 2.54. The Labute approximate surface area is 750 Å². The summed E-state index contributed by atoms with van der Waals surface area (Å²) in [5, 5.41) is 74.5. The molecule has 4 atom stereocenters. The standard InChI is InChI=1S/2C20H14O.2C18H14O.2C14H12O.3C6H6/c2*1-2-11-20(21)18-10-6-5-9-16(18)17-12-14-7-3-4-8-15(14)13-19(17)20;2*1-18(19)16-9-5-4-8-14(16)15-10-12-6-2-3-7-13(12)11-17(15)18;2*1-14(15)12-8-4-2-6-10(12)11-7-3-5-9-13(11)14;3*1-2-4-6-5-3-1/h2*3-10,12-13,21H,1H3;2*2-11,19H,1H3;2*2-9,15H,1H3;3*1-6H. The predicted molar refractivity (Wildman–Crippen MR) is 528 cm³/mol. The predicted octanol–water partition coefficient (Wildman–Crippen LogP) is 27.2. The van der Waals surface area contributed by atoms with E-state index in [1.54, 1.807) is 13.8 Å². The first-order valence-electron chi connectivity index (χ1n) is 43.4. The van der Waals surface area contributed by atoms with E-state index in [0.29, 0.717) is 0 Å². The zero-order chi connectivity index (χ0) is 88.6. The van der Waals surface area contributed by atoms with Crippen molar-refractivity contribution in [3.63, 3.8) is 0 Å². The lowest BCUT2D eigenvalue weighted by atomic mass is 9.91. The average Bonchev–Trinajstić information content (AvgIpc) is 1.59. The summed E-state index contributed by atoms with van der Waals surface area (Å²) in [7, 11) is 0. The van der Waals surface area contributed by atoms with Gasteiger partial charge in [-0.3, -0.25) is 0 Å². The quantitative estimate of drug-likeness (QED) is 0.0842. The summed E-state index contributed by atoms with van der Waals surface area (Å²) >= 11 is 0. The Hall–Kier alpha value is -14.9. The highest BCUT2D eigenvalue weighted by atomic mass is 16.3. The Morgan fingerprint density at radius 3 is 0.492 bits per heavy atom. The molecule has 6 N–H and O–H groups in total. The minimum Gasteiger partial charge on any atom is -0.381 e. The van der Waals surface area contributed by atoms with E-state index in [4.69, 9.17) is 0 Å². The molecule has 0 saturated carbocycles. The normalized spacial score (nSPS) is 17.0. The minimum absolute atomic E-state index is 0.840. The Bertz CT molecular complexity index is 6760. The molecule has 0 aromatic heterocycles. The third-order valence-corrected chi connectivity index (χ3v) is 25.1. The Kier molecular flexibility index (Phi) is 24.2. The van der Waals surface area contributed by atoms with Gasteiger partial charge in [0.1, 0.15) is 22.4 Å². The van der Waals surface area contributed by atoms with Crippen LogP contribution in [0.3, 0.4) is 0 Å². The molecular formula is C122H98O6. The van der Waals surface area contributed by atoms with Gasteiger partial charge < -0.3 is 30.6 Å². The van der Waals surface area contributed by atoms with Crippen LogP contribution in [0.1, 0.15) is 108 Å². The van der Waals surface area contributed by atoms with Gasteiger partial charge in [0.25, 0.3) is 0 Å². The van der Waals surface area contributed by atoms with Gasteiger partial charge in [0.05, 0.1) is 0 Å². The topological polar surface area (TPSA) is 121 Å². The molecule has 0 fully saturated rings. The molecule has 25 rings (SSSR count). The first-order valence-corrected chi connectivity index (χ1v) is 43.4. The molecule has 0 saturated heterocycles. The number of hydrogen-bond acceptors (Lipinski definition) is 6. The van der Waals surface area contributed by atoms with Crippen LogP contribution in [0.2, 0.25) is 0 Å². The highest BCUT2D eigenvalue weighted by molar-refractivity contribution is 5.98. The molecule has 0 radical (unpaired) electrons. The Morgan fingerprint density at radius 2 is 0.289 bits per heavy atom. The summed E-state index contributed by atoms with van der Waals surface area (Å²) in [6.07, 6.45) is 0. The fourth-order valence-corrected chi connectivity index (χ4v) is 18.8. The van der Waals surface area contributed by atoms with Gasteiger partial charge in [-0.2, -0.15) is 0 Å². The van der Waals surface area contributed by atoms with Gasteiger partial charge in [0, 0.05) is 22.3 Å². The molecule has 6 aliphatic carbocycles. The van der Waals surface area contributed by atoms with Crippen molar-refractivity contribution in [2.24, 2.45) is 0 Å². The molecule has 0 bridgehead atoms. The third-order valence-electron chi connectivity index (χ3n) is 25.1. The van der Waals surface area contributed by atoms with Gasteiger partial charge in [-0.15, -0.1) is 11.8 Å². The lowest BCUT2D eigenvalue weighted by Crippen LogP contribution is -2.22. The van der Waals surface area contributed by atoms with E-state index < -0.39 is 33.6 Å². The van der Waals surface area contributed by atoms with Crippen LogP contribution < -0.4 is 0 Å². The second kappa shape index (κ2) is 36.4. The zero-order valence-electron chi connectivity index (χ0n) is 72.4. The van der Waals surface area contributed by atoms with Crippen LogP contribution in [0.25, 0.3) is 110 Å². The van der Waals surface area contributed by atoms with Crippen LogP contribution in [-0.4, -0.2) is 30.6 Å². The fraction of sp³-hybridized carbons (Fsp3) is 0.0984. The summed E-state index contributed by atoms with van der Waals surface area (Å²) < 4.78 is 0. The maximum absolute atomic E-state index is 11.2. The van der Waals surface area contributed by atoms with Crippen molar-refractivity contribution in [3.8, 4) is 90.4 Å². The number of rotatable bonds is 0. The van der Waals surface area contributed by atoms with Gasteiger partial charge >= 0.3 is 0 Å². The molecular weight excluding hydrogens is 1560 g/mol. The molecule has 0 spiro atoms. The largest absolute Gasteiger partial charge is 0.381 e. The van der Waals surface area contributed by atoms with Gasteiger partial charge in [0.15, 0.2) is 11.2 Å². The average molecular weight is 1660 g/mol. The molecule has 19 aromatic rings. The van der Waals surface area contributed by atoms with Crippen LogP contribution in [0.5, 0.6) is 0 Å². The maximum atomic E-state index is 11.2. The van der Waals surface area contributed by atoms with Crippen LogP contribution in [0.4, 0.5) is 0 Å². The molecule has 622 valence electrons. The summed E-state index contributed by atoms with van der Waals surface area (Å²) in [5.74, 6) is 11.8. The van der Waals surface area contributed by atoms with Crippen LogP contribution >= 0.6 is 0 Å². The van der Waals surface area contributed by atoms with Gasteiger partial charge in [-0.05, 0) is 244 Å². The van der Waals surface area contributed by atoms with Gasteiger partial charge in [0.2, 0.25) is 0 Å². The van der Waals surface area contributed by atoms with Crippen molar-refractivity contribution in [2.45, 2.75) is 75.1 Å².